The second-order valence-electron chi connectivity index (χ2n) is 15.9. The Kier molecular flexibility index (Phi) is 5.85. The summed E-state index contributed by atoms with van der Waals surface area (Å²) in [6.45, 7) is 12.2. The summed E-state index contributed by atoms with van der Waals surface area (Å²) in [5.41, 5.74) is 6.31. The number of ether oxygens (including phenoxy) is 4. The van der Waals surface area contributed by atoms with E-state index in [4.69, 9.17) is 24.0 Å². The molecular weight excluding hydrogens is 594 g/mol. The lowest BCUT2D eigenvalue weighted by Gasteiger charge is -2.61. The second-order valence-corrected chi connectivity index (χ2v) is 15.9. The average molecular weight is 639 g/mol. The number of allylic oxidation sites excluding steroid dienone is 2. The maximum atomic E-state index is 13.3. The van der Waals surface area contributed by atoms with Gasteiger partial charge in [-0.25, -0.2) is 4.68 Å². The number of morpholine rings is 1. The third kappa shape index (κ3) is 3.38. The SMILES string of the molecule is [CH2]COC1([C@@]23C4=CC42C[C@H]2[C@@H]4CCC5=Cc6c(cnn6-c6cccc(C(=O)N7CCOCC7)c6)C[C@]5(C)[C@H]4[C@@H](O)C[C@@]23C)COCO1. The number of fused-ring (bicyclic) bond motifs is 8. The summed E-state index contributed by atoms with van der Waals surface area (Å²) < 4.78 is 26.1. The van der Waals surface area contributed by atoms with Gasteiger partial charge in [0, 0.05) is 24.1 Å². The van der Waals surface area contributed by atoms with Crippen molar-refractivity contribution in [1.82, 2.24) is 14.7 Å². The van der Waals surface area contributed by atoms with Gasteiger partial charge >= 0.3 is 0 Å². The molecular formula is C38H44N3O6. The van der Waals surface area contributed by atoms with Gasteiger partial charge in [0.2, 0.25) is 5.79 Å². The Morgan fingerprint density at radius 1 is 1.19 bits per heavy atom. The van der Waals surface area contributed by atoms with E-state index in [2.05, 4.69) is 32.9 Å². The van der Waals surface area contributed by atoms with E-state index in [0.29, 0.717) is 56.9 Å². The van der Waals surface area contributed by atoms with Gasteiger partial charge in [-0.2, -0.15) is 5.10 Å². The van der Waals surface area contributed by atoms with Crippen LogP contribution in [0, 0.1) is 46.3 Å². The van der Waals surface area contributed by atoms with Crippen molar-refractivity contribution in [2.24, 2.45) is 39.4 Å². The summed E-state index contributed by atoms with van der Waals surface area (Å²) in [4.78, 5) is 15.1. The Bertz CT molecular complexity index is 1750. The summed E-state index contributed by atoms with van der Waals surface area (Å²) in [5, 5.41) is 17.2. The molecule has 2 aromatic rings. The van der Waals surface area contributed by atoms with E-state index in [9.17, 15) is 9.90 Å². The predicted octanol–water partition coefficient (Wildman–Crippen LogP) is 4.59. The van der Waals surface area contributed by atoms with Crippen molar-refractivity contribution in [2.75, 3.05) is 46.3 Å². The van der Waals surface area contributed by atoms with Crippen molar-refractivity contribution in [3.05, 3.63) is 71.4 Å². The van der Waals surface area contributed by atoms with E-state index in [1.54, 1.807) is 0 Å². The molecule has 1 radical (unpaired) electrons. The van der Waals surface area contributed by atoms with E-state index in [-0.39, 0.29) is 40.3 Å². The van der Waals surface area contributed by atoms with Crippen LogP contribution in [-0.2, 0) is 25.4 Å². The highest BCUT2D eigenvalue weighted by atomic mass is 16.8. The van der Waals surface area contributed by atoms with Crippen molar-refractivity contribution < 1.29 is 28.8 Å². The highest BCUT2D eigenvalue weighted by molar-refractivity contribution is 5.94. The number of carbonyl (C=O) groups is 1. The van der Waals surface area contributed by atoms with Gasteiger partial charge in [-0.3, -0.25) is 4.79 Å². The predicted molar refractivity (Wildman–Crippen MR) is 172 cm³/mol. The first-order chi connectivity index (χ1) is 22.7. The molecule has 8 aliphatic rings. The van der Waals surface area contributed by atoms with Gasteiger partial charge in [-0.05, 0) is 103 Å². The normalized spacial score (nSPS) is 43.9. The van der Waals surface area contributed by atoms with Gasteiger partial charge < -0.3 is 29.0 Å². The number of nitrogens with zero attached hydrogens (tertiary/aromatic N) is 3. The number of hydrogen-bond acceptors (Lipinski definition) is 7. The molecule has 1 amide bonds. The highest BCUT2D eigenvalue weighted by Crippen LogP contribution is 2.99. The number of benzene rings is 1. The average Bonchev–Trinajstić information content (AvgIpc) is 3.69. The highest BCUT2D eigenvalue weighted by Gasteiger charge is 2.98. The Hall–Kier alpha value is -2.82. The molecule has 9 atom stereocenters. The van der Waals surface area contributed by atoms with Crippen LogP contribution in [-0.4, -0.2) is 83.9 Å². The fourth-order valence-electron chi connectivity index (χ4n) is 12.5. The van der Waals surface area contributed by atoms with Crippen LogP contribution in [0.2, 0.25) is 0 Å². The topological polar surface area (TPSA) is 95.3 Å². The van der Waals surface area contributed by atoms with Gasteiger partial charge in [0.25, 0.3) is 5.91 Å². The van der Waals surface area contributed by atoms with Crippen LogP contribution >= 0.6 is 0 Å². The van der Waals surface area contributed by atoms with Gasteiger partial charge in [0.15, 0.2) is 6.79 Å². The Labute approximate surface area is 275 Å². The van der Waals surface area contributed by atoms with E-state index >= 15 is 0 Å². The Morgan fingerprint density at radius 3 is 2.81 bits per heavy atom. The molecule has 10 rings (SSSR count). The minimum absolute atomic E-state index is 0.0361. The van der Waals surface area contributed by atoms with Crippen LogP contribution in [0.15, 0.2) is 47.7 Å². The third-order valence-corrected chi connectivity index (χ3v) is 14.2. The molecule has 247 valence electrons. The number of hydrogen-bond donors (Lipinski definition) is 1. The first-order valence-corrected chi connectivity index (χ1v) is 17.6. The quantitative estimate of drug-likeness (QED) is 0.479. The molecule has 2 unspecified atom stereocenters. The van der Waals surface area contributed by atoms with Gasteiger partial charge in [0.1, 0.15) is 6.61 Å². The molecule has 9 nitrogen and oxygen atoms in total. The first kappa shape index (κ1) is 29.1. The molecule has 1 N–H and O–H groups in total. The lowest BCUT2D eigenvalue weighted by Crippen LogP contribution is -2.62. The minimum atomic E-state index is -0.809. The van der Waals surface area contributed by atoms with Crippen molar-refractivity contribution >= 4 is 12.0 Å². The molecule has 4 saturated carbocycles. The monoisotopic (exact) mass is 638 g/mol. The van der Waals surface area contributed by atoms with Crippen LogP contribution in [0.4, 0.5) is 0 Å². The molecule has 2 aliphatic heterocycles. The molecule has 6 fully saturated rings. The largest absolute Gasteiger partial charge is 0.393 e. The van der Waals surface area contributed by atoms with Crippen molar-refractivity contribution in [2.45, 2.75) is 57.8 Å². The second kappa shape index (κ2) is 9.45. The molecule has 1 aromatic carbocycles. The molecule has 0 bridgehead atoms. The molecule has 47 heavy (non-hydrogen) atoms. The van der Waals surface area contributed by atoms with Crippen LogP contribution in [0.5, 0.6) is 0 Å². The Balaban J connectivity index is 0.965. The summed E-state index contributed by atoms with van der Waals surface area (Å²) >= 11 is 0. The maximum Gasteiger partial charge on any atom is 0.254 e. The van der Waals surface area contributed by atoms with Crippen LogP contribution in [0.1, 0.15) is 61.1 Å². The summed E-state index contributed by atoms with van der Waals surface area (Å²) in [7, 11) is 0. The molecule has 2 saturated heterocycles. The van der Waals surface area contributed by atoms with Crippen molar-refractivity contribution in [1.29, 1.82) is 0 Å². The van der Waals surface area contributed by atoms with E-state index in [1.165, 1.54) is 16.7 Å². The van der Waals surface area contributed by atoms with Crippen LogP contribution in [0.25, 0.3) is 11.8 Å². The number of rotatable bonds is 5. The summed E-state index contributed by atoms with van der Waals surface area (Å²) in [6.07, 6.45) is 11.2. The molecule has 3 heterocycles. The summed E-state index contributed by atoms with van der Waals surface area (Å²) in [6, 6.07) is 7.83. The Morgan fingerprint density at radius 2 is 2.04 bits per heavy atom. The van der Waals surface area contributed by atoms with Gasteiger partial charge in [-0.1, -0.05) is 31.6 Å². The first-order valence-electron chi connectivity index (χ1n) is 17.6. The van der Waals surface area contributed by atoms with E-state index in [1.807, 2.05) is 40.0 Å². The zero-order valence-corrected chi connectivity index (χ0v) is 27.4. The fraction of sp³-hybridized carbons (Fsp3) is 0.605. The molecule has 1 aromatic heterocycles. The van der Waals surface area contributed by atoms with Crippen LogP contribution in [0.3, 0.4) is 0 Å². The number of aliphatic hydroxyl groups excluding tert-OH is 1. The number of aromatic nitrogens is 2. The van der Waals surface area contributed by atoms with Gasteiger partial charge in [-0.15, -0.1) is 0 Å². The lowest BCUT2D eigenvalue weighted by atomic mass is 9.44. The number of amides is 1. The smallest absolute Gasteiger partial charge is 0.254 e. The van der Waals surface area contributed by atoms with E-state index in [0.717, 1.165) is 43.5 Å². The van der Waals surface area contributed by atoms with Gasteiger partial charge in [0.05, 0.1) is 48.9 Å². The summed E-state index contributed by atoms with van der Waals surface area (Å²) in [5.74, 6) is 0.289. The van der Waals surface area contributed by atoms with Crippen molar-refractivity contribution in [3.63, 3.8) is 0 Å². The third-order valence-electron chi connectivity index (χ3n) is 14.2. The maximum absolute atomic E-state index is 13.3. The fourth-order valence-corrected chi connectivity index (χ4v) is 12.5. The zero-order valence-electron chi connectivity index (χ0n) is 27.4. The minimum Gasteiger partial charge on any atom is -0.393 e. The molecule has 1 spiro atoms. The van der Waals surface area contributed by atoms with E-state index < -0.39 is 11.9 Å². The van der Waals surface area contributed by atoms with Crippen LogP contribution < -0.4 is 0 Å². The standard InChI is InChI=1S/C38H44N3O6/c1-4-46-37(21-45-22-47-37)38-31-19-36(31,38)17-28-27-9-8-25-15-29-24(16-34(25,2)32(27)30(42)18-35(28,38)3)20-39-41(29)26-7-5-6-23(14-26)33(43)40-10-12-44-13-11-40/h5-7,14-15,19-20,27-28,30,32,42H,1,4,8-13,16-18,21-22H2,2-3H3/t27-,28-,30-,32+,34-,35-,36?,37?,38+/m0/s1. The number of carbonyl (C=O) groups excluding carboxylic acids is 1. The lowest BCUT2D eigenvalue weighted by molar-refractivity contribution is -0.277. The zero-order chi connectivity index (χ0) is 32.0. The molecule has 6 aliphatic carbocycles. The molecule has 9 heteroatoms. The van der Waals surface area contributed by atoms with Crippen molar-refractivity contribution in [3.8, 4) is 5.69 Å². The number of aliphatic hydroxyl groups is 1.